The van der Waals surface area contributed by atoms with Crippen molar-refractivity contribution in [2.45, 2.75) is 32.7 Å². The van der Waals surface area contributed by atoms with Crippen LogP contribution in [-0.2, 0) is 0 Å². The lowest BCUT2D eigenvalue weighted by Crippen LogP contribution is -2.47. The van der Waals surface area contributed by atoms with Gasteiger partial charge >= 0.3 is 0 Å². The van der Waals surface area contributed by atoms with Gasteiger partial charge in [0, 0.05) is 24.7 Å². The van der Waals surface area contributed by atoms with E-state index in [-0.39, 0.29) is 11.7 Å². The highest BCUT2D eigenvalue weighted by Crippen LogP contribution is 2.34. The quantitative estimate of drug-likeness (QED) is 0.674. The maximum Gasteiger partial charge on any atom is 0.291 e. The zero-order valence-corrected chi connectivity index (χ0v) is 13.3. The van der Waals surface area contributed by atoms with Gasteiger partial charge in [-0.3, -0.25) is 10.1 Å². The van der Waals surface area contributed by atoms with Gasteiger partial charge in [-0.2, -0.15) is 0 Å². The number of anilines is 1. The molecule has 1 fully saturated rings. The number of nitrogens with zero attached hydrogens (tertiary/aromatic N) is 3. The van der Waals surface area contributed by atoms with E-state index in [0.717, 1.165) is 31.7 Å². The van der Waals surface area contributed by atoms with E-state index in [1.165, 1.54) is 6.20 Å². The van der Waals surface area contributed by atoms with Gasteiger partial charge in [-0.1, -0.05) is 13.3 Å². The molecule has 0 aromatic carbocycles. The Kier molecular flexibility index (Phi) is 4.59. The Labute approximate surface area is 126 Å². The van der Waals surface area contributed by atoms with Crippen molar-refractivity contribution in [1.82, 2.24) is 4.98 Å². The topological polar surface area (TPSA) is 85.3 Å². The van der Waals surface area contributed by atoms with Gasteiger partial charge in [0.05, 0.1) is 9.40 Å². The van der Waals surface area contributed by atoms with Crippen molar-refractivity contribution in [3.05, 3.63) is 26.3 Å². The van der Waals surface area contributed by atoms with E-state index in [2.05, 4.69) is 32.7 Å². The Morgan fingerprint density at radius 1 is 1.65 bits per heavy atom. The molecule has 0 spiro atoms. The number of rotatable bonds is 3. The Morgan fingerprint density at radius 3 is 2.95 bits per heavy atom. The van der Waals surface area contributed by atoms with Crippen LogP contribution in [0.2, 0.25) is 0 Å². The molecule has 0 aliphatic carbocycles. The molecule has 20 heavy (non-hydrogen) atoms. The highest BCUT2D eigenvalue weighted by atomic mass is 79.9. The summed E-state index contributed by atoms with van der Waals surface area (Å²) in [6.07, 6.45) is 3.29. The normalized spacial score (nSPS) is 22.9. The Hall–Kier alpha value is -1.21. The number of hydrogen-bond acceptors (Lipinski definition) is 5. The van der Waals surface area contributed by atoms with Crippen LogP contribution in [0.25, 0.3) is 0 Å². The second-order valence-corrected chi connectivity index (χ2v) is 6.02. The highest BCUT2D eigenvalue weighted by Gasteiger charge is 2.28. The standard InChI is InChI=1S/C13H19BrN4O2/c1-3-9-7-17(5-4-10(9)15)13-12(14)8(2)11(6-16-13)18(19)20/h6,9-10H,3-5,7,15H2,1-2H3. The third-order valence-electron chi connectivity index (χ3n) is 4.03. The fourth-order valence-electron chi connectivity index (χ4n) is 2.64. The maximum atomic E-state index is 10.9. The van der Waals surface area contributed by atoms with Crippen LogP contribution < -0.4 is 10.6 Å². The first-order valence-corrected chi connectivity index (χ1v) is 7.55. The molecule has 2 heterocycles. The molecule has 2 unspecified atom stereocenters. The predicted octanol–water partition coefficient (Wildman–Crippen LogP) is 2.62. The minimum Gasteiger partial charge on any atom is -0.355 e. The van der Waals surface area contributed by atoms with Crippen LogP contribution in [0.3, 0.4) is 0 Å². The molecule has 7 heteroatoms. The van der Waals surface area contributed by atoms with Crippen molar-refractivity contribution in [3.63, 3.8) is 0 Å². The fourth-order valence-corrected chi connectivity index (χ4v) is 3.19. The Morgan fingerprint density at radius 2 is 2.35 bits per heavy atom. The van der Waals surface area contributed by atoms with Crippen LogP contribution in [0.5, 0.6) is 0 Å². The summed E-state index contributed by atoms with van der Waals surface area (Å²) in [5, 5.41) is 10.9. The number of piperidine rings is 1. The van der Waals surface area contributed by atoms with E-state index < -0.39 is 4.92 Å². The van der Waals surface area contributed by atoms with E-state index in [9.17, 15) is 10.1 Å². The van der Waals surface area contributed by atoms with E-state index in [4.69, 9.17) is 5.73 Å². The van der Waals surface area contributed by atoms with E-state index in [1.807, 2.05) is 0 Å². The van der Waals surface area contributed by atoms with E-state index in [0.29, 0.717) is 16.0 Å². The second-order valence-electron chi connectivity index (χ2n) is 5.23. The summed E-state index contributed by atoms with van der Waals surface area (Å²) >= 11 is 3.45. The molecule has 0 amide bonds. The molecule has 1 aromatic heterocycles. The van der Waals surface area contributed by atoms with Crippen LogP contribution >= 0.6 is 15.9 Å². The summed E-state index contributed by atoms with van der Waals surface area (Å²) in [5.41, 5.74) is 6.77. The molecule has 1 aliphatic heterocycles. The number of nitro groups is 1. The first kappa shape index (κ1) is 15.2. The van der Waals surface area contributed by atoms with Gasteiger partial charge in [0.1, 0.15) is 12.0 Å². The van der Waals surface area contributed by atoms with Crippen LogP contribution in [0.1, 0.15) is 25.3 Å². The second kappa shape index (κ2) is 6.05. The number of halogens is 1. The number of pyridine rings is 1. The first-order chi connectivity index (χ1) is 9.45. The van der Waals surface area contributed by atoms with Crippen LogP contribution in [0.4, 0.5) is 11.5 Å². The molecular weight excluding hydrogens is 324 g/mol. The Bertz CT molecular complexity index is 523. The molecule has 6 nitrogen and oxygen atoms in total. The molecule has 1 aromatic rings. The summed E-state index contributed by atoms with van der Waals surface area (Å²) in [6, 6.07) is 0.231. The zero-order chi connectivity index (χ0) is 14.9. The molecule has 2 rings (SSSR count). The Balaban J connectivity index is 2.30. The summed E-state index contributed by atoms with van der Waals surface area (Å²) < 4.78 is 0.706. The third-order valence-corrected chi connectivity index (χ3v) is 4.98. The maximum absolute atomic E-state index is 10.9. The van der Waals surface area contributed by atoms with Crippen molar-refractivity contribution in [1.29, 1.82) is 0 Å². The average Bonchev–Trinajstić information content (AvgIpc) is 2.42. The monoisotopic (exact) mass is 342 g/mol. The summed E-state index contributed by atoms with van der Waals surface area (Å²) in [4.78, 5) is 17.0. The predicted molar refractivity (Wildman–Crippen MR) is 81.9 cm³/mol. The summed E-state index contributed by atoms with van der Waals surface area (Å²) in [6.45, 7) is 5.55. The van der Waals surface area contributed by atoms with Crippen molar-refractivity contribution < 1.29 is 4.92 Å². The van der Waals surface area contributed by atoms with Crippen molar-refractivity contribution in [3.8, 4) is 0 Å². The van der Waals surface area contributed by atoms with Crippen molar-refractivity contribution >= 4 is 27.4 Å². The molecule has 0 saturated carbocycles. The number of aromatic nitrogens is 1. The molecule has 110 valence electrons. The SMILES string of the molecule is CCC1CN(c2ncc([N+](=O)[O-])c(C)c2Br)CCC1N. The van der Waals surface area contributed by atoms with Crippen molar-refractivity contribution in [2.75, 3.05) is 18.0 Å². The third kappa shape index (κ3) is 2.78. The largest absolute Gasteiger partial charge is 0.355 e. The van der Waals surface area contributed by atoms with E-state index >= 15 is 0 Å². The lowest BCUT2D eigenvalue weighted by molar-refractivity contribution is -0.385. The lowest BCUT2D eigenvalue weighted by Gasteiger charge is -2.37. The minimum atomic E-state index is -0.405. The molecule has 0 radical (unpaired) electrons. The smallest absolute Gasteiger partial charge is 0.291 e. The van der Waals surface area contributed by atoms with Gasteiger partial charge in [-0.25, -0.2) is 4.98 Å². The molecule has 1 saturated heterocycles. The molecular formula is C13H19BrN4O2. The van der Waals surface area contributed by atoms with E-state index in [1.54, 1.807) is 6.92 Å². The van der Waals surface area contributed by atoms with Gasteiger partial charge in [-0.15, -0.1) is 0 Å². The van der Waals surface area contributed by atoms with Crippen LogP contribution in [-0.4, -0.2) is 29.0 Å². The fraction of sp³-hybridized carbons (Fsp3) is 0.615. The molecule has 2 atom stereocenters. The highest BCUT2D eigenvalue weighted by molar-refractivity contribution is 9.10. The lowest BCUT2D eigenvalue weighted by atomic mass is 9.91. The molecule has 2 N–H and O–H groups in total. The van der Waals surface area contributed by atoms with Gasteiger partial charge in [0.25, 0.3) is 5.69 Å². The van der Waals surface area contributed by atoms with Crippen LogP contribution in [0, 0.1) is 23.0 Å². The molecule has 1 aliphatic rings. The minimum absolute atomic E-state index is 0.0429. The van der Waals surface area contributed by atoms with Gasteiger partial charge in [-0.05, 0) is 35.2 Å². The number of hydrogen-bond donors (Lipinski definition) is 1. The van der Waals surface area contributed by atoms with Crippen molar-refractivity contribution in [2.24, 2.45) is 11.7 Å². The average molecular weight is 343 g/mol. The summed E-state index contributed by atoms with van der Waals surface area (Å²) in [5.74, 6) is 1.21. The zero-order valence-electron chi connectivity index (χ0n) is 11.7. The number of nitrogens with two attached hydrogens (primary N) is 1. The van der Waals surface area contributed by atoms with Gasteiger partial charge in [0.15, 0.2) is 0 Å². The molecule has 0 bridgehead atoms. The first-order valence-electron chi connectivity index (χ1n) is 6.75. The van der Waals surface area contributed by atoms with Gasteiger partial charge in [0.2, 0.25) is 0 Å². The van der Waals surface area contributed by atoms with Crippen LogP contribution in [0.15, 0.2) is 10.7 Å². The van der Waals surface area contributed by atoms with Gasteiger partial charge < -0.3 is 10.6 Å². The summed E-state index contributed by atoms with van der Waals surface area (Å²) in [7, 11) is 0.